The number of methoxy groups -OCH3 is 1. The van der Waals surface area contributed by atoms with Gasteiger partial charge in [-0.3, -0.25) is 9.59 Å². The monoisotopic (exact) mass is 322 g/mol. The molecular formula is C15H18N2O6. The van der Waals surface area contributed by atoms with E-state index >= 15 is 0 Å². The molecule has 1 aromatic carbocycles. The summed E-state index contributed by atoms with van der Waals surface area (Å²) in [6.45, 7) is 1.76. The molecule has 1 aliphatic rings. The standard InChI is InChI=1S/C15H18N2O6/c1-8-13(18)16-10-5-3-4-9(12(10)23-8)14(19)17-11(15(20)21)6-7-22-2/h3-5,8,11H,6-7H2,1-2H3,(H,16,18)(H,17,19)(H,20,21). The van der Waals surface area contributed by atoms with E-state index in [4.69, 9.17) is 14.6 Å². The van der Waals surface area contributed by atoms with Crippen LogP contribution in [0, 0.1) is 0 Å². The largest absolute Gasteiger partial charge is 0.480 e. The van der Waals surface area contributed by atoms with E-state index in [1.54, 1.807) is 19.1 Å². The summed E-state index contributed by atoms with van der Waals surface area (Å²) in [7, 11) is 1.45. The highest BCUT2D eigenvalue weighted by Gasteiger charge is 2.29. The Morgan fingerprint density at radius 1 is 1.48 bits per heavy atom. The Hall–Kier alpha value is -2.61. The smallest absolute Gasteiger partial charge is 0.326 e. The van der Waals surface area contributed by atoms with Gasteiger partial charge in [-0.05, 0) is 19.1 Å². The molecule has 23 heavy (non-hydrogen) atoms. The lowest BCUT2D eigenvalue weighted by Crippen LogP contribution is -2.42. The van der Waals surface area contributed by atoms with Gasteiger partial charge < -0.3 is 25.2 Å². The number of rotatable bonds is 6. The van der Waals surface area contributed by atoms with Crippen LogP contribution in [-0.4, -0.2) is 48.8 Å². The highest BCUT2D eigenvalue weighted by Crippen LogP contribution is 2.33. The molecule has 1 aromatic rings. The van der Waals surface area contributed by atoms with Crippen LogP contribution in [0.1, 0.15) is 23.7 Å². The van der Waals surface area contributed by atoms with Crippen LogP contribution in [0.3, 0.4) is 0 Å². The molecule has 0 spiro atoms. The van der Waals surface area contributed by atoms with Crippen molar-refractivity contribution in [1.82, 2.24) is 5.32 Å². The molecule has 0 radical (unpaired) electrons. The molecule has 3 N–H and O–H groups in total. The molecular weight excluding hydrogens is 304 g/mol. The normalized spacial score (nSPS) is 17.5. The summed E-state index contributed by atoms with van der Waals surface area (Å²) in [5.74, 6) is -1.82. The maximum atomic E-state index is 12.4. The Kier molecular flexibility index (Phi) is 5.17. The number of benzene rings is 1. The van der Waals surface area contributed by atoms with Gasteiger partial charge >= 0.3 is 5.97 Å². The zero-order chi connectivity index (χ0) is 17.0. The minimum atomic E-state index is -1.15. The molecule has 0 saturated heterocycles. The number of amides is 2. The molecule has 0 aromatic heterocycles. The zero-order valence-electron chi connectivity index (χ0n) is 12.8. The van der Waals surface area contributed by atoms with Gasteiger partial charge in [0.1, 0.15) is 6.04 Å². The molecule has 0 fully saturated rings. The van der Waals surface area contributed by atoms with Gasteiger partial charge in [-0.25, -0.2) is 4.79 Å². The average Bonchev–Trinajstić information content (AvgIpc) is 2.51. The van der Waals surface area contributed by atoms with Crippen molar-refractivity contribution in [2.75, 3.05) is 19.0 Å². The third-order valence-corrected chi connectivity index (χ3v) is 3.40. The van der Waals surface area contributed by atoms with Crippen molar-refractivity contribution >= 4 is 23.5 Å². The number of carboxylic acids is 1. The number of ether oxygens (including phenoxy) is 2. The third-order valence-electron chi connectivity index (χ3n) is 3.40. The number of fused-ring (bicyclic) bond motifs is 1. The van der Waals surface area contributed by atoms with Crippen molar-refractivity contribution in [3.05, 3.63) is 23.8 Å². The number of aliphatic carboxylic acids is 1. The molecule has 1 aliphatic heterocycles. The van der Waals surface area contributed by atoms with Crippen LogP contribution in [0.2, 0.25) is 0 Å². The summed E-state index contributed by atoms with van der Waals surface area (Å²) in [5, 5.41) is 14.2. The molecule has 8 heteroatoms. The van der Waals surface area contributed by atoms with Gasteiger partial charge in [-0.15, -0.1) is 0 Å². The molecule has 0 saturated carbocycles. The molecule has 2 unspecified atom stereocenters. The summed E-state index contributed by atoms with van der Waals surface area (Å²) in [6, 6.07) is 3.62. The van der Waals surface area contributed by atoms with Crippen molar-refractivity contribution in [2.45, 2.75) is 25.5 Å². The van der Waals surface area contributed by atoms with Crippen molar-refractivity contribution < 1.29 is 29.0 Å². The molecule has 2 amide bonds. The summed E-state index contributed by atoms with van der Waals surface area (Å²) in [6.07, 6.45) is -0.596. The fourth-order valence-electron chi connectivity index (χ4n) is 2.13. The van der Waals surface area contributed by atoms with Crippen LogP contribution in [0.4, 0.5) is 5.69 Å². The van der Waals surface area contributed by atoms with E-state index in [9.17, 15) is 14.4 Å². The fourth-order valence-corrected chi connectivity index (χ4v) is 2.13. The van der Waals surface area contributed by atoms with Gasteiger partial charge in [0, 0.05) is 20.1 Å². The van der Waals surface area contributed by atoms with Gasteiger partial charge in [0.25, 0.3) is 11.8 Å². The van der Waals surface area contributed by atoms with Crippen molar-refractivity contribution in [3.8, 4) is 5.75 Å². The van der Waals surface area contributed by atoms with Crippen LogP contribution in [0.5, 0.6) is 5.75 Å². The number of carbonyl (C=O) groups excluding carboxylic acids is 2. The first-order chi connectivity index (χ1) is 10.9. The van der Waals surface area contributed by atoms with Crippen LogP contribution < -0.4 is 15.4 Å². The number of hydrogen-bond donors (Lipinski definition) is 3. The average molecular weight is 322 g/mol. The van der Waals surface area contributed by atoms with Crippen LogP contribution >= 0.6 is 0 Å². The van der Waals surface area contributed by atoms with E-state index in [1.807, 2.05) is 0 Å². The van der Waals surface area contributed by atoms with Crippen LogP contribution in [0.25, 0.3) is 0 Å². The Balaban J connectivity index is 2.21. The molecule has 124 valence electrons. The number of para-hydroxylation sites is 1. The second kappa shape index (κ2) is 7.10. The quantitative estimate of drug-likeness (QED) is 0.707. The predicted molar refractivity (Wildman–Crippen MR) is 80.5 cm³/mol. The first kappa shape index (κ1) is 16.8. The van der Waals surface area contributed by atoms with E-state index in [-0.39, 0.29) is 30.2 Å². The lowest BCUT2D eigenvalue weighted by Gasteiger charge is -2.25. The molecule has 1 heterocycles. The van der Waals surface area contributed by atoms with Crippen LogP contribution in [0.15, 0.2) is 18.2 Å². The van der Waals surface area contributed by atoms with E-state index in [0.717, 1.165) is 0 Å². The second-order valence-electron chi connectivity index (χ2n) is 5.08. The van der Waals surface area contributed by atoms with E-state index in [2.05, 4.69) is 10.6 Å². The topological polar surface area (TPSA) is 114 Å². The fraction of sp³-hybridized carbons (Fsp3) is 0.400. The molecule has 0 bridgehead atoms. The van der Waals surface area contributed by atoms with Gasteiger partial charge in [-0.2, -0.15) is 0 Å². The summed E-state index contributed by atoms with van der Waals surface area (Å²) in [5.41, 5.74) is 0.544. The minimum absolute atomic E-state index is 0.139. The molecule has 2 atom stereocenters. The maximum Gasteiger partial charge on any atom is 0.326 e. The Morgan fingerprint density at radius 3 is 2.87 bits per heavy atom. The highest BCUT2D eigenvalue weighted by molar-refractivity contribution is 6.04. The lowest BCUT2D eigenvalue weighted by molar-refractivity contribution is -0.139. The van der Waals surface area contributed by atoms with Gasteiger partial charge in [0.15, 0.2) is 11.9 Å². The van der Waals surface area contributed by atoms with E-state index < -0.39 is 24.0 Å². The molecule has 0 aliphatic carbocycles. The third kappa shape index (κ3) is 3.78. The second-order valence-corrected chi connectivity index (χ2v) is 5.08. The maximum absolute atomic E-state index is 12.4. The minimum Gasteiger partial charge on any atom is -0.480 e. The van der Waals surface area contributed by atoms with E-state index in [0.29, 0.717) is 5.69 Å². The van der Waals surface area contributed by atoms with Crippen molar-refractivity contribution in [1.29, 1.82) is 0 Å². The van der Waals surface area contributed by atoms with Gasteiger partial charge in [0.2, 0.25) is 0 Å². The number of nitrogens with one attached hydrogen (secondary N) is 2. The lowest BCUT2D eigenvalue weighted by atomic mass is 10.1. The molecule has 2 rings (SSSR count). The number of hydrogen-bond acceptors (Lipinski definition) is 5. The Labute approximate surface area is 132 Å². The van der Waals surface area contributed by atoms with Gasteiger partial charge in [0.05, 0.1) is 11.3 Å². The first-order valence-electron chi connectivity index (χ1n) is 7.07. The zero-order valence-corrected chi connectivity index (χ0v) is 12.8. The van der Waals surface area contributed by atoms with Crippen LogP contribution in [-0.2, 0) is 14.3 Å². The number of carbonyl (C=O) groups is 3. The Morgan fingerprint density at radius 2 is 2.22 bits per heavy atom. The number of anilines is 1. The highest BCUT2D eigenvalue weighted by atomic mass is 16.5. The summed E-state index contributed by atoms with van der Waals surface area (Å²) in [4.78, 5) is 35.2. The SMILES string of the molecule is COCCC(NC(=O)c1cccc2c1OC(C)C(=O)N2)C(=O)O. The van der Waals surface area contributed by atoms with E-state index in [1.165, 1.54) is 13.2 Å². The van der Waals surface area contributed by atoms with Gasteiger partial charge in [-0.1, -0.05) is 6.07 Å². The number of carboxylic acid groups (broad SMARTS) is 1. The summed E-state index contributed by atoms with van der Waals surface area (Å²) < 4.78 is 10.3. The van der Waals surface area contributed by atoms with Crippen molar-refractivity contribution in [3.63, 3.8) is 0 Å². The van der Waals surface area contributed by atoms with Crippen molar-refractivity contribution in [2.24, 2.45) is 0 Å². The summed E-state index contributed by atoms with van der Waals surface area (Å²) >= 11 is 0. The first-order valence-corrected chi connectivity index (χ1v) is 7.07. The molecule has 8 nitrogen and oxygen atoms in total. The Bertz CT molecular complexity index is 630. The predicted octanol–water partition coefficient (Wildman–Crippen LogP) is 0.625.